The van der Waals surface area contributed by atoms with Crippen molar-refractivity contribution in [2.75, 3.05) is 0 Å². The Hall–Kier alpha value is -1.39. The molecule has 21 heavy (non-hydrogen) atoms. The lowest BCUT2D eigenvalue weighted by Gasteiger charge is -2.11. The van der Waals surface area contributed by atoms with Crippen LogP contribution in [0.2, 0.25) is 0 Å². The zero-order valence-corrected chi connectivity index (χ0v) is 14.2. The Balaban J connectivity index is 2.12. The van der Waals surface area contributed by atoms with E-state index in [0.717, 1.165) is 23.1 Å². The van der Waals surface area contributed by atoms with Crippen molar-refractivity contribution in [2.45, 2.75) is 57.3 Å². The molecule has 0 atom stereocenters. The number of hydrogen-bond acceptors (Lipinski definition) is 4. The Morgan fingerprint density at radius 1 is 1.05 bits per heavy atom. The maximum absolute atomic E-state index is 4.48. The van der Waals surface area contributed by atoms with Gasteiger partial charge in [0.1, 0.15) is 0 Å². The molecular formula is C17H23N3S. The van der Waals surface area contributed by atoms with E-state index in [1.807, 2.05) is 19.9 Å². The van der Waals surface area contributed by atoms with E-state index in [9.17, 15) is 0 Å². The first kappa shape index (κ1) is 16.0. The summed E-state index contributed by atoms with van der Waals surface area (Å²) in [5.74, 6) is 0. The average molecular weight is 301 g/mol. The molecule has 2 rings (SSSR count). The van der Waals surface area contributed by atoms with Gasteiger partial charge < -0.3 is 5.32 Å². The second-order valence-corrected chi connectivity index (χ2v) is 6.70. The largest absolute Gasteiger partial charge is 0.310 e. The van der Waals surface area contributed by atoms with Crippen LogP contribution in [0.4, 0.5) is 0 Å². The van der Waals surface area contributed by atoms with Crippen LogP contribution in [0, 0.1) is 20.8 Å². The van der Waals surface area contributed by atoms with Crippen molar-refractivity contribution in [2.24, 2.45) is 0 Å². The fourth-order valence-electron chi connectivity index (χ4n) is 2.09. The summed E-state index contributed by atoms with van der Waals surface area (Å²) >= 11 is 1.62. The predicted octanol–water partition coefficient (Wildman–Crippen LogP) is 4.05. The molecule has 0 bridgehead atoms. The van der Waals surface area contributed by atoms with Gasteiger partial charge >= 0.3 is 0 Å². The first-order chi connectivity index (χ1) is 9.94. The molecule has 1 heterocycles. The molecule has 0 fully saturated rings. The van der Waals surface area contributed by atoms with Crippen LogP contribution in [0.15, 0.2) is 34.3 Å². The van der Waals surface area contributed by atoms with Crippen LogP contribution >= 0.6 is 11.8 Å². The zero-order valence-electron chi connectivity index (χ0n) is 13.4. The van der Waals surface area contributed by atoms with Crippen molar-refractivity contribution in [1.29, 1.82) is 0 Å². The fraction of sp³-hybridized carbons (Fsp3) is 0.412. The molecule has 112 valence electrons. The molecule has 0 aliphatic carbocycles. The molecule has 3 nitrogen and oxygen atoms in total. The number of hydrogen-bond donors (Lipinski definition) is 1. The second kappa shape index (κ2) is 7.05. The van der Waals surface area contributed by atoms with Crippen LogP contribution in [0.3, 0.4) is 0 Å². The lowest BCUT2D eigenvalue weighted by atomic mass is 10.1. The Kier molecular flexibility index (Phi) is 5.37. The van der Waals surface area contributed by atoms with E-state index < -0.39 is 0 Å². The van der Waals surface area contributed by atoms with Crippen molar-refractivity contribution >= 4 is 11.8 Å². The molecule has 1 aromatic heterocycles. The highest BCUT2D eigenvalue weighted by Gasteiger charge is 2.05. The van der Waals surface area contributed by atoms with Gasteiger partial charge in [-0.25, -0.2) is 9.97 Å². The quantitative estimate of drug-likeness (QED) is 0.845. The van der Waals surface area contributed by atoms with Crippen molar-refractivity contribution in [3.63, 3.8) is 0 Å². The zero-order chi connectivity index (χ0) is 15.4. The Labute approximate surface area is 131 Å². The molecule has 2 aromatic rings. The SMILES string of the molecule is Cc1cc(C)nc(Sc2ccc(CNC(C)C)c(C)c2)n1. The molecule has 0 saturated carbocycles. The van der Waals surface area contributed by atoms with Crippen LogP contribution < -0.4 is 5.32 Å². The first-order valence-corrected chi connectivity index (χ1v) is 8.09. The van der Waals surface area contributed by atoms with Crippen LogP contribution in [0.5, 0.6) is 0 Å². The van der Waals surface area contributed by atoms with Crippen LogP contribution in [0.1, 0.15) is 36.4 Å². The Bertz CT molecular complexity index is 603. The smallest absolute Gasteiger partial charge is 0.192 e. The molecule has 0 radical (unpaired) electrons. The van der Waals surface area contributed by atoms with Gasteiger partial charge in [0, 0.05) is 28.9 Å². The van der Waals surface area contributed by atoms with Gasteiger partial charge in [0.05, 0.1) is 0 Å². The van der Waals surface area contributed by atoms with Gasteiger partial charge in [-0.05, 0) is 61.9 Å². The summed E-state index contributed by atoms with van der Waals surface area (Å²) in [4.78, 5) is 10.1. The number of aromatic nitrogens is 2. The maximum atomic E-state index is 4.48. The average Bonchev–Trinajstić information content (AvgIpc) is 2.36. The van der Waals surface area contributed by atoms with E-state index >= 15 is 0 Å². The number of nitrogens with one attached hydrogen (secondary N) is 1. The molecular weight excluding hydrogens is 278 g/mol. The highest BCUT2D eigenvalue weighted by molar-refractivity contribution is 7.99. The van der Waals surface area contributed by atoms with Crippen LogP contribution in [-0.2, 0) is 6.54 Å². The van der Waals surface area contributed by atoms with Crippen molar-refractivity contribution in [1.82, 2.24) is 15.3 Å². The topological polar surface area (TPSA) is 37.8 Å². The minimum absolute atomic E-state index is 0.502. The molecule has 0 amide bonds. The molecule has 0 unspecified atom stereocenters. The summed E-state index contributed by atoms with van der Waals surface area (Å²) < 4.78 is 0. The molecule has 0 saturated heterocycles. The first-order valence-electron chi connectivity index (χ1n) is 7.27. The summed E-state index contributed by atoms with van der Waals surface area (Å²) in [6.45, 7) is 11.4. The predicted molar refractivity (Wildman–Crippen MR) is 88.8 cm³/mol. The number of nitrogens with zero attached hydrogens (tertiary/aromatic N) is 2. The van der Waals surface area contributed by atoms with Gasteiger partial charge in [-0.15, -0.1) is 0 Å². The second-order valence-electron chi connectivity index (χ2n) is 5.66. The molecule has 1 aromatic carbocycles. The Morgan fingerprint density at radius 2 is 1.71 bits per heavy atom. The lowest BCUT2D eigenvalue weighted by Crippen LogP contribution is -2.22. The van der Waals surface area contributed by atoms with Crippen LogP contribution in [-0.4, -0.2) is 16.0 Å². The van der Waals surface area contributed by atoms with E-state index in [1.165, 1.54) is 16.0 Å². The molecule has 0 aliphatic rings. The summed E-state index contributed by atoms with van der Waals surface area (Å²) in [7, 11) is 0. The summed E-state index contributed by atoms with van der Waals surface area (Å²) in [5.41, 5.74) is 4.67. The van der Waals surface area contributed by atoms with Gasteiger partial charge in [0.2, 0.25) is 0 Å². The van der Waals surface area contributed by atoms with Crippen molar-refractivity contribution < 1.29 is 0 Å². The van der Waals surface area contributed by atoms with E-state index in [1.54, 1.807) is 11.8 Å². The number of benzene rings is 1. The third-order valence-corrected chi connectivity index (χ3v) is 4.04. The highest BCUT2D eigenvalue weighted by Crippen LogP contribution is 2.27. The van der Waals surface area contributed by atoms with E-state index in [-0.39, 0.29) is 0 Å². The Morgan fingerprint density at radius 3 is 2.29 bits per heavy atom. The van der Waals surface area contributed by atoms with Crippen molar-refractivity contribution in [3.05, 3.63) is 46.8 Å². The molecule has 4 heteroatoms. The minimum atomic E-state index is 0.502. The van der Waals surface area contributed by atoms with E-state index in [2.05, 4.69) is 54.3 Å². The summed E-state index contributed by atoms with van der Waals surface area (Å²) in [5, 5.41) is 4.27. The number of rotatable bonds is 5. The molecule has 0 aliphatic heterocycles. The number of aryl methyl sites for hydroxylation is 3. The third kappa shape index (κ3) is 4.83. The van der Waals surface area contributed by atoms with Gasteiger partial charge in [-0.1, -0.05) is 19.9 Å². The van der Waals surface area contributed by atoms with Gasteiger partial charge in [0.25, 0.3) is 0 Å². The third-order valence-electron chi connectivity index (χ3n) is 3.19. The minimum Gasteiger partial charge on any atom is -0.310 e. The van der Waals surface area contributed by atoms with Gasteiger partial charge in [-0.3, -0.25) is 0 Å². The summed E-state index contributed by atoms with van der Waals surface area (Å²) in [6.07, 6.45) is 0. The van der Waals surface area contributed by atoms with Crippen LogP contribution in [0.25, 0.3) is 0 Å². The van der Waals surface area contributed by atoms with Crippen molar-refractivity contribution in [3.8, 4) is 0 Å². The normalized spacial score (nSPS) is 11.1. The molecule has 0 spiro atoms. The highest BCUT2D eigenvalue weighted by atomic mass is 32.2. The summed E-state index contributed by atoms with van der Waals surface area (Å²) in [6, 6.07) is 9.05. The van der Waals surface area contributed by atoms with E-state index in [0.29, 0.717) is 6.04 Å². The standard InChI is InChI=1S/C17H23N3S/c1-11(2)18-10-15-6-7-16(8-12(15)3)21-17-19-13(4)9-14(5)20-17/h6-9,11,18H,10H2,1-5H3. The lowest BCUT2D eigenvalue weighted by molar-refractivity contribution is 0.587. The maximum Gasteiger partial charge on any atom is 0.192 e. The van der Waals surface area contributed by atoms with Gasteiger partial charge in [0.15, 0.2) is 5.16 Å². The molecule has 1 N–H and O–H groups in total. The monoisotopic (exact) mass is 301 g/mol. The van der Waals surface area contributed by atoms with Gasteiger partial charge in [-0.2, -0.15) is 0 Å². The fourth-order valence-corrected chi connectivity index (χ4v) is 3.05. The van der Waals surface area contributed by atoms with E-state index in [4.69, 9.17) is 0 Å².